The Morgan fingerprint density at radius 1 is 0.383 bits per heavy atom. The van der Waals surface area contributed by atoms with Crippen LogP contribution >= 0.6 is 0 Å². The van der Waals surface area contributed by atoms with Crippen molar-refractivity contribution in [3.05, 3.63) is 170 Å². The molecule has 0 bridgehead atoms. The summed E-state index contributed by atoms with van der Waals surface area (Å²) in [6.07, 6.45) is 4.12. The molecule has 0 spiro atoms. The fourth-order valence-corrected chi connectivity index (χ4v) is 7.59. The molecule has 2 aromatic heterocycles. The molecule has 0 atom stereocenters. The minimum Gasteiger partial charge on any atom is -0.306 e. The fourth-order valence-electron chi connectivity index (χ4n) is 7.59. The normalized spacial score (nSPS) is 11.8. The monoisotopic (exact) mass is 596 g/mol. The summed E-state index contributed by atoms with van der Waals surface area (Å²) in [7, 11) is 0. The second kappa shape index (κ2) is 10.1. The van der Waals surface area contributed by atoms with Crippen molar-refractivity contribution in [2.75, 3.05) is 0 Å². The number of rotatable bonds is 3. The van der Waals surface area contributed by atoms with Crippen LogP contribution in [-0.2, 0) is 0 Å². The third-order valence-electron chi connectivity index (χ3n) is 9.80. The maximum Gasteiger partial charge on any atom is 0.137 e. The van der Waals surface area contributed by atoms with Crippen LogP contribution in [0.1, 0.15) is 0 Å². The van der Waals surface area contributed by atoms with Gasteiger partial charge in [-0.3, -0.25) is 0 Å². The Bertz CT molecular complexity index is 2790. The van der Waals surface area contributed by atoms with Crippen molar-refractivity contribution in [1.82, 2.24) is 9.38 Å². The Morgan fingerprint density at radius 3 is 1.55 bits per heavy atom. The van der Waals surface area contributed by atoms with Crippen LogP contribution in [0.4, 0.5) is 0 Å². The number of benzene rings is 7. The third kappa shape index (κ3) is 4.02. The van der Waals surface area contributed by atoms with Crippen molar-refractivity contribution in [2.45, 2.75) is 0 Å². The zero-order valence-electron chi connectivity index (χ0n) is 25.6. The Morgan fingerprint density at radius 2 is 0.894 bits per heavy atom. The quantitative estimate of drug-likeness (QED) is 0.185. The van der Waals surface area contributed by atoms with E-state index in [2.05, 4.69) is 150 Å². The zero-order valence-corrected chi connectivity index (χ0v) is 25.6. The molecular formula is C45H28N2. The van der Waals surface area contributed by atoms with Crippen LogP contribution in [0, 0.1) is 0 Å². The average molecular weight is 597 g/mol. The summed E-state index contributed by atoms with van der Waals surface area (Å²) in [5.74, 6) is 0. The lowest BCUT2D eigenvalue weighted by atomic mass is 9.87. The van der Waals surface area contributed by atoms with E-state index in [0.717, 1.165) is 16.9 Å². The summed E-state index contributed by atoms with van der Waals surface area (Å²) in [4.78, 5) is 4.79. The molecule has 8 aromatic carbocycles. The van der Waals surface area contributed by atoms with E-state index in [0.29, 0.717) is 0 Å². The number of pyridine rings is 1. The van der Waals surface area contributed by atoms with Gasteiger partial charge in [-0.1, -0.05) is 140 Å². The number of fused-ring (bicyclic) bond motifs is 6. The summed E-state index contributed by atoms with van der Waals surface area (Å²) in [5.41, 5.74) is 7.92. The van der Waals surface area contributed by atoms with Gasteiger partial charge in [-0.25, -0.2) is 4.98 Å². The highest BCUT2D eigenvalue weighted by molar-refractivity contribution is 6.34. The van der Waals surface area contributed by atoms with Crippen molar-refractivity contribution in [3.8, 4) is 33.5 Å². The van der Waals surface area contributed by atoms with Crippen LogP contribution in [0.2, 0.25) is 0 Å². The lowest BCUT2D eigenvalue weighted by Gasteiger charge is -2.16. The summed E-state index contributed by atoms with van der Waals surface area (Å²) >= 11 is 0. The van der Waals surface area contributed by atoms with Gasteiger partial charge >= 0.3 is 0 Å². The SMILES string of the molecule is c1ccc2c(c1)c1ccccc1c1cccc3c(-c4ccc(-c5ccc(-c6cn7ccccc7n6)cc5)cc4)cc4cccc2c4c31. The van der Waals surface area contributed by atoms with Gasteiger partial charge in [-0.15, -0.1) is 0 Å². The molecule has 0 aliphatic rings. The van der Waals surface area contributed by atoms with Gasteiger partial charge in [-0.2, -0.15) is 0 Å². The maximum absolute atomic E-state index is 4.79. The smallest absolute Gasteiger partial charge is 0.137 e. The van der Waals surface area contributed by atoms with E-state index in [9.17, 15) is 0 Å². The molecule has 10 rings (SSSR count). The number of aromatic nitrogens is 2. The summed E-state index contributed by atoms with van der Waals surface area (Å²) < 4.78 is 2.06. The molecule has 0 amide bonds. The molecule has 0 aliphatic carbocycles. The van der Waals surface area contributed by atoms with E-state index < -0.39 is 0 Å². The highest BCUT2D eigenvalue weighted by Crippen LogP contribution is 2.43. The first-order chi connectivity index (χ1) is 23.3. The van der Waals surface area contributed by atoms with Crippen LogP contribution in [0.3, 0.4) is 0 Å². The molecule has 0 radical (unpaired) electrons. The molecule has 0 saturated carbocycles. The van der Waals surface area contributed by atoms with Crippen molar-refractivity contribution >= 4 is 59.5 Å². The first-order valence-electron chi connectivity index (χ1n) is 16.1. The predicted octanol–water partition coefficient (Wildman–Crippen LogP) is 12.1. The van der Waals surface area contributed by atoms with E-state index >= 15 is 0 Å². The van der Waals surface area contributed by atoms with Gasteiger partial charge in [0.25, 0.3) is 0 Å². The van der Waals surface area contributed by atoms with E-state index in [1.807, 2.05) is 24.4 Å². The van der Waals surface area contributed by atoms with Crippen LogP contribution in [0.5, 0.6) is 0 Å². The Hall–Kier alpha value is -6.25. The third-order valence-corrected chi connectivity index (χ3v) is 9.80. The molecule has 2 heterocycles. The molecule has 2 nitrogen and oxygen atoms in total. The van der Waals surface area contributed by atoms with Gasteiger partial charge in [0.15, 0.2) is 0 Å². The summed E-state index contributed by atoms with van der Waals surface area (Å²) in [5, 5.41) is 12.9. The van der Waals surface area contributed by atoms with Gasteiger partial charge in [0.05, 0.1) is 5.69 Å². The minimum absolute atomic E-state index is 0.956. The maximum atomic E-state index is 4.79. The van der Waals surface area contributed by atoms with Crippen LogP contribution in [-0.4, -0.2) is 9.38 Å². The standard InChI is InChI=1S/C45H28N2/c1-3-12-36-34(10-1)35-11-2-4-13-37(35)39-15-8-16-40-41(27-33-9-7-14-38(36)44(33)45(39)40)31-22-18-29(19-23-31)30-20-24-32(25-21-30)42-28-47-26-6-5-17-43(47)46-42/h1-28H. The highest BCUT2D eigenvalue weighted by atomic mass is 15.0. The number of hydrogen-bond donors (Lipinski definition) is 0. The van der Waals surface area contributed by atoms with E-state index in [1.165, 1.54) is 76.1 Å². The van der Waals surface area contributed by atoms with Crippen LogP contribution in [0.25, 0.3) is 93.0 Å². The van der Waals surface area contributed by atoms with Crippen molar-refractivity contribution < 1.29 is 0 Å². The Labute approximate surface area is 271 Å². The second-order valence-corrected chi connectivity index (χ2v) is 12.4. The molecule has 218 valence electrons. The van der Waals surface area contributed by atoms with E-state index in [-0.39, 0.29) is 0 Å². The first kappa shape index (κ1) is 26.0. The minimum atomic E-state index is 0.956. The molecule has 2 heteroatoms. The van der Waals surface area contributed by atoms with Gasteiger partial charge in [0.1, 0.15) is 5.65 Å². The van der Waals surface area contributed by atoms with Crippen molar-refractivity contribution in [2.24, 2.45) is 0 Å². The lowest BCUT2D eigenvalue weighted by molar-refractivity contribution is 1.19. The largest absolute Gasteiger partial charge is 0.306 e. The van der Waals surface area contributed by atoms with Crippen LogP contribution < -0.4 is 0 Å². The van der Waals surface area contributed by atoms with Crippen molar-refractivity contribution in [1.29, 1.82) is 0 Å². The lowest BCUT2D eigenvalue weighted by Crippen LogP contribution is -1.89. The van der Waals surface area contributed by atoms with Crippen LogP contribution in [0.15, 0.2) is 170 Å². The molecule has 10 aromatic rings. The zero-order chi connectivity index (χ0) is 30.9. The van der Waals surface area contributed by atoms with Gasteiger partial charge in [0.2, 0.25) is 0 Å². The van der Waals surface area contributed by atoms with E-state index in [4.69, 9.17) is 4.98 Å². The van der Waals surface area contributed by atoms with Gasteiger partial charge in [0, 0.05) is 18.0 Å². The highest BCUT2D eigenvalue weighted by Gasteiger charge is 2.16. The van der Waals surface area contributed by atoms with Gasteiger partial charge in [-0.05, 0) is 94.3 Å². The predicted molar refractivity (Wildman–Crippen MR) is 199 cm³/mol. The Balaban J connectivity index is 1.14. The van der Waals surface area contributed by atoms with E-state index in [1.54, 1.807) is 0 Å². The Kier molecular flexibility index (Phi) is 5.61. The molecular weight excluding hydrogens is 569 g/mol. The van der Waals surface area contributed by atoms with Crippen molar-refractivity contribution in [3.63, 3.8) is 0 Å². The summed E-state index contributed by atoms with van der Waals surface area (Å²) in [6.45, 7) is 0. The molecule has 0 unspecified atom stereocenters. The fraction of sp³-hybridized carbons (Fsp3) is 0. The second-order valence-electron chi connectivity index (χ2n) is 12.4. The summed E-state index contributed by atoms with van der Waals surface area (Å²) in [6, 6.07) is 57.6. The van der Waals surface area contributed by atoms with Gasteiger partial charge < -0.3 is 4.40 Å². The molecule has 47 heavy (non-hydrogen) atoms. The number of hydrogen-bond acceptors (Lipinski definition) is 1. The average Bonchev–Trinajstić information content (AvgIpc) is 3.58. The first-order valence-corrected chi connectivity index (χ1v) is 16.1. The molecule has 0 aliphatic heterocycles. The topological polar surface area (TPSA) is 17.3 Å². The number of nitrogens with zero attached hydrogens (tertiary/aromatic N) is 2. The molecule has 0 saturated heterocycles. The molecule has 0 fully saturated rings. The molecule has 0 N–H and O–H groups in total. The number of imidazole rings is 1.